The average molecular weight is 634 g/mol. The van der Waals surface area contributed by atoms with Crippen LogP contribution in [0, 0.1) is 6.92 Å². The van der Waals surface area contributed by atoms with Gasteiger partial charge in [-0.05, 0) is 97.8 Å². The summed E-state index contributed by atoms with van der Waals surface area (Å²) in [6.45, 7) is 4.90. The van der Waals surface area contributed by atoms with Gasteiger partial charge in [-0.25, -0.2) is 8.42 Å². The predicted molar refractivity (Wildman–Crippen MR) is 182 cm³/mol. The van der Waals surface area contributed by atoms with Crippen molar-refractivity contribution in [3.05, 3.63) is 105 Å². The fourth-order valence-corrected chi connectivity index (χ4v) is 8.98. The SMILES string of the molecule is CCCCCCOc1ccc(-n2c(-c3cccs3)ccc2-c2ccc(/C=C(\SC)S(=O)(=O)c3ccc(C)cc3)s2)cc1. The first-order valence-corrected chi connectivity index (χ1v) is 18.5. The molecule has 0 unspecified atom stereocenters. The van der Waals surface area contributed by atoms with Crippen LogP contribution in [0.5, 0.6) is 5.75 Å². The number of aryl methyl sites for hydroxylation is 1. The van der Waals surface area contributed by atoms with Crippen LogP contribution in [0.15, 0.2) is 99.4 Å². The van der Waals surface area contributed by atoms with Gasteiger partial charge in [0.05, 0.1) is 32.6 Å². The van der Waals surface area contributed by atoms with Crippen LogP contribution in [-0.4, -0.2) is 25.8 Å². The Balaban J connectivity index is 1.46. The molecule has 218 valence electrons. The molecule has 8 heteroatoms. The Bertz CT molecular complexity index is 1730. The van der Waals surface area contributed by atoms with Crippen LogP contribution in [0.3, 0.4) is 0 Å². The van der Waals surface area contributed by atoms with Crippen LogP contribution in [0.1, 0.15) is 43.0 Å². The van der Waals surface area contributed by atoms with E-state index in [0.29, 0.717) is 9.13 Å². The lowest BCUT2D eigenvalue weighted by atomic mass is 10.2. The first kappa shape index (κ1) is 30.4. The van der Waals surface area contributed by atoms with Gasteiger partial charge >= 0.3 is 0 Å². The summed E-state index contributed by atoms with van der Waals surface area (Å²) in [4.78, 5) is 3.45. The van der Waals surface area contributed by atoms with Crippen molar-refractivity contribution >= 4 is 50.3 Å². The van der Waals surface area contributed by atoms with Crippen molar-refractivity contribution in [1.82, 2.24) is 4.57 Å². The van der Waals surface area contributed by atoms with Crippen molar-refractivity contribution in [2.75, 3.05) is 12.9 Å². The number of benzene rings is 2. The third kappa shape index (κ3) is 6.94. The van der Waals surface area contributed by atoms with Crippen molar-refractivity contribution < 1.29 is 13.2 Å². The minimum atomic E-state index is -3.60. The first-order valence-electron chi connectivity index (χ1n) is 14.1. The summed E-state index contributed by atoms with van der Waals surface area (Å²) < 4.78 is 35.3. The molecule has 3 aromatic heterocycles. The zero-order valence-electron chi connectivity index (χ0n) is 24.1. The van der Waals surface area contributed by atoms with Crippen LogP contribution >= 0.6 is 34.4 Å². The van der Waals surface area contributed by atoms with E-state index in [1.54, 1.807) is 40.9 Å². The minimum absolute atomic E-state index is 0.313. The standard InChI is InChI=1S/C34H35NO3S4/c1-4-5-6-7-22-38-27-14-12-26(13-15-27)35-30(32-9-8-23-40-32)19-20-31(35)33-21-16-28(41-33)24-34(39-3)42(36,37)29-17-10-25(2)11-18-29/h8-21,23-24H,4-7,22H2,1-3H3/b34-24+. The van der Waals surface area contributed by atoms with Crippen molar-refractivity contribution in [2.45, 2.75) is 44.4 Å². The van der Waals surface area contributed by atoms with Crippen molar-refractivity contribution in [1.29, 1.82) is 0 Å². The van der Waals surface area contributed by atoms with Crippen LogP contribution in [-0.2, 0) is 9.84 Å². The van der Waals surface area contributed by atoms with Gasteiger partial charge in [-0.15, -0.1) is 34.4 Å². The molecule has 3 heterocycles. The third-order valence-corrected chi connectivity index (χ3v) is 12.1. The van der Waals surface area contributed by atoms with Crippen LogP contribution < -0.4 is 4.74 Å². The summed E-state index contributed by atoms with van der Waals surface area (Å²) in [6.07, 6.45) is 8.32. The molecule has 0 radical (unpaired) electrons. The van der Waals surface area contributed by atoms with Gasteiger partial charge in [-0.1, -0.05) is 49.9 Å². The maximum atomic E-state index is 13.4. The fourth-order valence-electron chi connectivity index (χ4n) is 4.70. The van der Waals surface area contributed by atoms with Gasteiger partial charge in [-0.2, -0.15) is 0 Å². The molecule has 5 aromatic rings. The molecule has 42 heavy (non-hydrogen) atoms. The summed E-state index contributed by atoms with van der Waals surface area (Å²) in [7, 11) is -3.60. The van der Waals surface area contributed by atoms with E-state index in [9.17, 15) is 8.42 Å². The number of thiophene rings is 2. The number of nitrogens with zero attached hydrogens (tertiary/aromatic N) is 1. The Morgan fingerprint density at radius 1 is 0.881 bits per heavy atom. The van der Waals surface area contributed by atoms with Gasteiger partial charge in [0.2, 0.25) is 9.84 Å². The Labute approximate surface area is 261 Å². The molecule has 2 aromatic carbocycles. The van der Waals surface area contributed by atoms with Crippen molar-refractivity contribution in [3.63, 3.8) is 0 Å². The second-order valence-electron chi connectivity index (χ2n) is 10.0. The topological polar surface area (TPSA) is 48.3 Å². The highest BCUT2D eigenvalue weighted by Gasteiger charge is 2.21. The van der Waals surface area contributed by atoms with Crippen LogP contribution in [0.2, 0.25) is 0 Å². The molecule has 0 aliphatic carbocycles. The molecule has 0 saturated heterocycles. The number of sulfone groups is 1. The van der Waals surface area contributed by atoms with E-state index in [4.69, 9.17) is 4.74 Å². The van der Waals surface area contributed by atoms with Gasteiger partial charge in [0, 0.05) is 10.6 Å². The fraction of sp³-hybridized carbons (Fsp3) is 0.235. The van der Waals surface area contributed by atoms with Gasteiger partial charge in [0.1, 0.15) is 9.99 Å². The molecule has 5 rings (SSSR count). The lowest BCUT2D eigenvalue weighted by molar-refractivity contribution is 0.305. The Hall–Kier alpha value is -3.04. The van der Waals surface area contributed by atoms with E-state index in [0.717, 1.165) is 51.2 Å². The van der Waals surface area contributed by atoms with E-state index in [2.05, 4.69) is 59.3 Å². The molecule has 0 N–H and O–H groups in total. The monoisotopic (exact) mass is 633 g/mol. The largest absolute Gasteiger partial charge is 0.494 e. The van der Waals surface area contributed by atoms with Crippen LogP contribution in [0.4, 0.5) is 0 Å². The average Bonchev–Trinajstić information content (AvgIpc) is 3.77. The lowest BCUT2D eigenvalue weighted by Gasteiger charge is -2.14. The second kappa shape index (κ2) is 14.0. The first-order chi connectivity index (χ1) is 20.4. The van der Waals surface area contributed by atoms with Gasteiger partial charge in [0.15, 0.2) is 0 Å². The zero-order chi connectivity index (χ0) is 29.5. The van der Waals surface area contributed by atoms with Gasteiger partial charge < -0.3 is 9.30 Å². The number of unbranched alkanes of at least 4 members (excludes halogenated alkanes) is 3. The predicted octanol–water partition coefficient (Wildman–Crippen LogP) is 10.3. The number of thioether (sulfide) groups is 1. The zero-order valence-corrected chi connectivity index (χ0v) is 27.3. The van der Waals surface area contributed by atoms with E-state index < -0.39 is 9.84 Å². The molecule has 0 atom stereocenters. The molecule has 0 amide bonds. The smallest absolute Gasteiger partial charge is 0.212 e. The van der Waals surface area contributed by atoms with E-state index in [1.165, 1.54) is 35.9 Å². The Morgan fingerprint density at radius 3 is 2.29 bits per heavy atom. The Morgan fingerprint density at radius 2 is 1.62 bits per heavy atom. The highest BCUT2D eigenvalue weighted by Crippen LogP contribution is 2.39. The normalized spacial score (nSPS) is 12.1. The Kier molecular flexibility index (Phi) is 10.1. The number of aromatic nitrogens is 1. The summed E-state index contributed by atoms with van der Waals surface area (Å²) in [5.41, 5.74) is 4.25. The van der Waals surface area contributed by atoms with Gasteiger partial charge in [0.25, 0.3) is 0 Å². The number of ether oxygens (including phenoxy) is 1. The van der Waals surface area contributed by atoms with E-state index in [1.807, 2.05) is 43.5 Å². The maximum absolute atomic E-state index is 13.4. The van der Waals surface area contributed by atoms with E-state index in [-0.39, 0.29) is 0 Å². The summed E-state index contributed by atoms with van der Waals surface area (Å²) >= 11 is 4.55. The molecule has 0 bridgehead atoms. The van der Waals surface area contributed by atoms with E-state index >= 15 is 0 Å². The summed E-state index contributed by atoms with van der Waals surface area (Å²) in [5, 5.41) is 2.09. The molecule has 0 aliphatic heterocycles. The molecule has 4 nitrogen and oxygen atoms in total. The quantitative estimate of drug-likeness (QED) is 0.121. The number of hydrogen-bond donors (Lipinski definition) is 0. The summed E-state index contributed by atoms with van der Waals surface area (Å²) in [6, 6.07) is 27.9. The van der Waals surface area contributed by atoms with Crippen molar-refractivity contribution in [3.8, 4) is 32.6 Å². The molecule has 0 saturated carbocycles. The third-order valence-electron chi connectivity index (χ3n) is 6.95. The summed E-state index contributed by atoms with van der Waals surface area (Å²) in [5.74, 6) is 0.879. The number of rotatable bonds is 13. The highest BCUT2D eigenvalue weighted by molar-refractivity contribution is 8.18. The highest BCUT2D eigenvalue weighted by atomic mass is 32.3. The molecule has 0 spiro atoms. The molecule has 0 fully saturated rings. The number of hydrogen-bond acceptors (Lipinski definition) is 6. The van der Waals surface area contributed by atoms with Crippen LogP contribution in [0.25, 0.3) is 32.9 Å². The molecular weight excluding hydrogens is 599 g/mol. The lowest BCUT2D eigenvalue weighted by Crippen LogP contribution is -2.02. The van der Waals surface area contributed by atoms with Gasteiger partial charge in [-0.3, -0.25) is 0 Å². The minimum Gasteiger partial charge on any atom is -0.494 e. The maximum Gasteiger partial charge on any atom is 0.212 e. The second-order valence-corrected chi connectivity index (χ2v) is 15.1. The molecule has 0 aliphatic rings. The van der Waals surface area contributed by atoms with Crippen molar-refractivity contribution in [2.24, 2.45) is 0 Å². The molecular formula is C34H35NO3S4.